The fourth-order valence-corrected chi connectivity index (χ4v) is 0.598. The molecule has 3 heteroatoms. The number of carbonyl (C=O) groups is 1. The minimum atomic E-state index is -0.304. The van der Waals surface area contributed by atoms with Crippen LogP contribution in [0.1, 0.15) is 47.0 Å². The van der Waals surface area contributed by atoms with Gasteiger partial charge in [0.05, 0.1) is 5.60 Å². The zero-order valence-electron chi connectivity index (χ0n) is 8.44. The smallest absolute Gasteiger partial charge is 0.243 e. The van der Waals surface area contributed by atoms with Gasteiger partial charge in [-0.1, -0.05) is 13.3 Å². The maximum Gasteiger partial charge on any atom is 0.243 e. The second-order valence-electron chi connectivity index (χ2n) is 3.84. The fraction of sp³-hybridized carbons (Fsp3) is 0.889. The van der Waals surface area contributed by atoms with Crippen LogP contribution in [-0.2, 0) is 9.63 Å². The van der Waals surface area contributed by atoms with Crippen molar-refractivity contribution in [2.45, 2.75) is 52.6 Å². The number of nitrogens with one attached hydrogen (secondary N) is 1. The first kappa shape index (κ1) is 11.4. The summed E-state index contributed by atoms with van der Waals surface area (Å²) in [5, 5.41) is 0. The molecule has 0 aromatic heterocycles. The fourth-order valence-electron chi connectivity index (χ4n) is 0.598. The maximum atomic E-state index is 11.0. The van der Waals surface area contributed by atoms with E-state index in [2.05, 4.69) is 12.4 Å². The van der Waals surface area contributed by atoms with Gasteiger partial charge >= 0.3 is 0 Å². The molecule has 1 N–H and O–H groups in total. The standard InChI is InChI=1S/C9H19NO2/c1-5-6-7-8(11)10-12-9(2,3)4/h5-7H2,1-4H3,(H,10,11). The van der Waals surface area contributed by atoms with E-state index in [0.29, 0.717) is 6.42 Å². The Balaban J connectivity index is 3.44. The van der Waals surface area contributed by atoms with Gasteiger partial charge in [0.1, 0.15) is 0 Å². The second kappa shape index (κ2) is 5.14. The van der Waals surface area contributed by atoms with E-state index in [4.69, 9.17) is 4.84 Å². The molecule has 72 valence electrons. The molecular weight excluding hydrogens is 154 g/mol. The molecule has 0 saturated heterocycles. The van der Waals surface area contributed by atoms with Crippen molar-refractivity contribution in [2.75, 3.05) is 0 Å². The third-order valence-electron chi connectivity index (χ3n) is 1.23. The number of hydrogen-bond donors (Lipinski definition) is 1. The molecule has 0 rings (SSSR count). The highest BCUT2D eigenvalue weighted by Crippen LogP contribution is 2.04. The normalized spacial score (nSPS) is 11.3. The van der Waals surface area contributed by atoms with Crippen molar-refractivity contribution in [3.05, 3.63) is 0 Å². The van der Waals surface area contributed by atoms with Crippen molar-refractivity contribution in [2.24, 2.45) is 0 Å². The Morgan fingerprint density at radius 3 is 2.42 bits per heavy atom. The van der Waals surface area contributed by atoms with E-state index in [9.17, 15) is 4.79 Å². The van der Waals surface area contributed by atoms with Gasteiger partial charge in [0.15, 0.2) is 0 Å². The Morgan fingerprint density at radius 2 is 2.00 bits per heavy atom. The lowest BCUT2D eigenvalue weighted by molar-refractivity contribution is -0.145. The molecular formula is C9H19NO2. The Morgan fingerprint density at radius 1 is 1.42 bits per heavy atom. The minimum Gasteiger partial charge on any atom is -0.273 e. The van der Waals surface area contributed by atoms with E-state index >= 15 is 0 Å². The van der Waals surface area contributed by atoms with Gasteiger partial charge < -0.3 is 0 Å². The van der Waals surface area contributed by atoms with Crippen LogP contribution in [0.2, 0.25) is 0 Å². The first-order valence-electron chi connectivity index (χ1n) is 4.42. The van der Waals surface area contributed by atoms with Crippen LogP contribution in [0, 0.1) is 0 Å². The van der Waals surface area contributed by atoms with Crippen LogP contribution in [0.15, 0.2) is 0 Å². The topological polar surface area (TPSA) is 38.3 Å². The molecule has 0 aliphatic heterocycles. The maximum absolute atomic E-state index is 11.0. The molecule has 0 aromatic carbocycles. The summed E-state index contributed by atoms with van der Waals surface area (Å²) < 4.78 is 0. The molecule has 0 radical (unpaired) electrons. The number of unbranched alkanes of at least 4 members (excludes halogenated alkanes) is 1. The highest BCUT2D eigenvalue weighted by atomic mass is 16.7. The molecule has 0 atom stereocenters. The lowest BCUT2D eigenvalue weighted by atomic mass is 10.2. The summed E-state index contributed by atoms with van der Waals surface area (Å²) in [4.78, 5) is 16.1. The molecule has 0 saturated carbocycles. The predicted molar refractivity (Wildman–Crippen MR) is 48.5 cm³/mol. The van der Waals surface area contributed by atoms with E-state index in [1.54, 1.807) is 0 Å². The van der Waals surface area contributed by atoms with Gasteiger partial charge in [0.25, 0.3) is 0 Å². The number of hydroxylamine groups is 1. The van der Waals surface area contributed by atoms with Gasteiger partial charge in [-0.2, -0.15) is 0 Å². The Labute approximate surface area is 74.4 Å². The molecule has 0 aromatic rings. The number of rotatable bonds is 4. The molecule has 0 spiro atoms. The van der Waals surface area contributed by atoms with Crippen LogP contribution in [0.4, 0.5) is 0 Å². The average Bonchev–Trinajstić information content (AvgIpc) is 1.95. The van der Waals surface area contributed by atoms with Crippen molar-refractivity contribution in [3.8, 4) is 0 Å². The summed E-state index contributed by atoms with van der Waals surface area (Å²) >= 11 is 0. The predicted octanol–water partition coefficient (Wildman–Crippen LogP) is 2.02. The van der Waals surface area contributed by atoms with Crippen molar-refractivity contribution in [3.63, 3.8) is 0 Å². The van der Waals surface area contributed by atoms with Gasteiger partial charge in [0, 0.05) is 6.42 Å². The molecule has 0 aliphatic rings. The third-order valence-corrected chi connectivity index (χ3v) is 1.23. The Hall–Kier alpha value is -0.570. The third kappa shape index (κ3) is 7.54. The van der Waals surface area contributed by atoms with Gasteiger partial charge in [0.2, 0.25) is 5.91 Å². The van der Waals surface area contributed by atoms with E-state index in [1.165, 1.54) is 0 Å². The summed E-state index contributed by atoms with van der Waals surface area (Å²) in [6, 6.07) is 0. The lowest BCUT2D eigenvalue weighted by Gasteiger charge is -2.18. The second-order valence-corrected chi connectivity index (χ2v) is 3.84. The van der Waals surface area contributed by atoms with Crippen molar-refractivity contribution >= 4 is 5.91 Å². The first-order chi connectivity index (χ1) is 5.45. The number of carbonyl (C=O) groups excluding carboxylic acids is 1. The van der Waals surface area contributed by atoms with Crippen LogP contribution in [-0.4, -0.2) is 11.5 Å². The summed E-state index contributed by atoms with van der Waals surface area (Å²) in [6.45, 7) is 7.74. The van der Waals surface area contributed by atoms with E-state index < -0.39 is 0 Å². The molecule has 0 fully saturated rings. The Bertz CT molecular complexity index is 138. The first-order valence-corrected chi connectivity index (χ1v) is 4.42. The minimum absolute atomic E-state index is 0.0354. The monoisotopic (exact) mass is 173 g/mol. The van der Waals surface area contributed by atoms with Crippen LogP contribution in [0.5, 0.6) is 0 Å². The van der Waals surface area contributed by atoms with Gasteiger partial charge in [-0.3, -0.25) is 9.63 Å². The van der Waals surface area contributed by atoms with Crippen molar-refractivity contribution in [1.29, 1.82) is 0 Å². The van der Waals surface area contributed by atoms with Crippen LogP contribution < -0.4 is 5.48 Å². The summed E-state index contributed by atoms with van der Waals surface area (Å²) in [6.07, 6.45) is 2.49. The highest BCUT2D eigenvalue weighted by molar-refractivity contribution is 5.74. The molecule has 0 heterocycles. The zero-order chi connectivity index (χ0) is 9.61. The van der Waals surface area contributed by atoms with Crippen molar-refractivity contribution in [1.82, 2.24) is 5.48 Å². The number of hydrogen-bond acceptors (Lipinski definition) is 2. The quantitative estimate of drug-likeness (QED) is 0.660. The molecule has 0 bridgehead atoms. The van der Waals surface area contributed by atoms with E-state index in [0.717, 1.165) is 12.8 Å². The largest absolute Gasteiger partial charge is 0.273 e. The average molecular weight is 173 g/mol. The lowest BCUT2D eigenvalue weighted by Crippen LogP contribution is -2.33. The number of amides is 1. The summed E-state index contributed by atoms with van der Waals surface area (Å²) in [5.41, 5.74) is 2.11. The van der Waals surface area contributed by atoms with Gasteiger partial charge in [-0.15, -0.1) is 0 Å². The molecule has 3 nitrogen and oxygen atoms in total. The molecule has 1 amide bonds. The molecule has 0 aliphatic carbocycles. The molecule has 12 heavy (non-hydrogen) atoms. The van der Waals surface area contributed by atoms with Gasteiger partial charge in [-0.25, -0.2) is 5.48 Å². The zero-order valence-corrected chi connectivity index (χ0v) is 8.44. The van der Waals surface area contributed by atoms with Crippen LogP contribution in [0.25, 0.3) is 0 Å². The van der Waals surface area contributed by atoms with E-state index in [-0.39, 0.29) is 11.5 Å². The van der Waals surface area contributed by atoms with Crippen molar-refractivity contribution < 1.29 is 9.63 Å². The molecule has 0 unspecified atom stereocenters. The summed E-state index contributed by atoms with van der Waals surface area (Å²) in [5.74, 6) is -0.0354. The Kier molecular flexibility index (Phi) is 4.90. The SMILES string of the molecule is CCCCC(=O)NOC(C)(C)C. The summed E-state index contributed by atoms with van der Waals surface area (Å²) in [7, 11) is 0. The van der Waals surface area contributed by atoms with Gasteiger partial charge in [-0.05, 0) is 27.2 Å². The van der Waals surface area contributed by atoms with Crippen LogP contribution >= 0.6 is 0 Å². The van der Waals surface area contributed by atoms with E-state index in [1.807, 2.05) is 20.8 Å². The van der Waals surface area contributed by atoms with Crippen LogP contribution in [0.3, 0.4) is 0 Å². The highest BCUT2D eigenvalue weighted by Gasteiger charge is 2.11.